The van der Waals surface area contributed by atoms with Gasteiger partial charge in [-0.3, -0.25) is 0 Å². The van der Waals surface area contributed by atoms with E-state index in [4.69, 9.17) is 37.9 Å². The Bertz CT molecular complexity index is 1960. The Morgan fingerprint density at radius 3 is 1.95 bits per heavy atom. The van der Waals surface area contributed by atoms with Gasteiger partial charge >= 0.3 is 0 Å². The van der Waals surface area contributed by atoms with Gasteiger partial charge in [0.25, 0.3) is 0 Å². The highest BCUT2D eigenvalue weighted by atomic mass is 16.8. The summed E-state index contributed by atoms with van der Waals surface area (Å²) in [6.07, 6.45) is -25.7. The number of rotatable bonds is 14. The van der Waals surface area contributed by atoms with E-state index in [2.05, 4.69) is 26.8 Å². The van der Waals surface area contributed by atoms with Gasteiger partial charge in [-0.15, -0.1) is 0 Å². The second-order valence-electron chi connectivity index (χ2n) is 25.4. The second kappa shape index (κ2) is 22.3. The molecule has 0 bridgehead atoms. The molecule has 0 radical (unpaired) electrons. The lowest BCUT2D eigenvalue weighted by molar-refractivity contribution is -0.382. The van der Waals surface area contributed by atoms with Crippen molar-refractivity contribution >= 4 is 0 Å². The largest absolute Gasteiger partial charge is 0.394 e. The lowest BCUT2D eigenvalue weighted by atomic mass is 9.34. The van der Waals surface area contributed by atoms with E-state index in [1.807, 2.05) is 34.6 Å². The van der Waals surface area contributed by atoms with Gasteiger partial charge in [0.2, 0.25) is 0 Å². The fourth-order valence-corrected chi connectivity index (χ4v) is 16.0. The number of aliphatic hydroxyl groups is 14. The van der Waals surface area contributed by atoms with Crippen LogP contribution in [0.5, 0.6) is 0 Å². The minimum absolute atomic E-state index is 0.136. The lowest BCUT2D eigenvalue weighted by Gasteiger charge is -2.72. The van der Waals surface area contributed by atoms with Gasteiger partial charge in [-0.05, 0) is 124 Å². The summed E-state index contributed by atoms with van der Waals surface area (Å²) in [6.45, 7) is 16.4. The number of aliphatic hydroxyl groups excluding tert-OH is 14. The second-order valence-corrected chi connectivity index (χ2v) is 25.4. The molecular weight excluding hydrogens is 989 g/mol. The number of hydrogen-bond donors (Lipinski definition) is 14. The molecule has 4 aliphatic heterocycles. The summed E-state index contributed by atoms with van der Waals surface area (Å²) in [5.41, 5.74) is -2.78. The highest BCUT2D eigenvalue weighted by Gasteiger charge is 2.74. The van der Waals surface area contributed by atoms with Crippen LogP contribution in [0.3, 0.4) is 0 Å². The molecular formula is C53H90O22. The van der Waals surface area contributed by atoms with Crippen molar-refractivity contribution in [2.75, 3.05) is 19.8 Å². The summed E-state index contributed by atoms with van der Waals surface area (Å²) >= 11 is 0. The van der Waals surface area contributed by atoms with E-state index in [9.17, 15) is 71.5 Å². The van der Waals surface area contributed by atoms with Crippen LogP contribution >= 0.6 is 0 Å². The number of fused-ring (bicyclic) bond motifs is 5. The Balaban J connectivity index is 1.12. The van der Waals surface area contributed by atoms with Crippen LogP contribution in [0.1, 0.15) is 114 Å². The van der Waals surface area contributed by atoms with Gasteiger partial charge in [0, 0.05) is 0 Å². The quantitative estimate of drug-likeness (QED) is 0.0691. The van der Waals surface area contributed by atoms with Crippen molar-refractivity contribution in [3.05, 3.63) is 11.6 Å². The summed E-state index contributed by atoms with van der Waals surface area (Å²) in [5, 5.41) is 155. The van der Waals surface area contributed by atoms with Crippen LogP contribution in [-0.4, -0.2) is 232 Å². The van der Waals surface area contributed by atoms with Crippen molar-refractivity contribution in [3.63, 3.8) is 0 Å². The number of hydrogen-bond acceptors (Lipinski definition) is 22. The van der Waals surface area contributed by atoms with E-state index < -0.39 is 187 Å². The minimum atomic E-state index is -1.77. The molecule has 22 heteroatoms. The molecule has 0 aromatic rings. The molecule has 4 heterocycles. The van der Waals surface area contributed by atoms with E-state index >= 15 is 0 Å². The molecule has 0 spiro atoms. The molecule has 8 fully saturated rings. The molecule has 30 unspecified atom stereocenters. The predicted molar refractivity (Wildman–Crippen MR) is 260 cm³/mol. The van der Waals surface area contributed by atoms with Gasteiger partial charge in [0.05, 0.1) is 49.8 Å². The van der Waals surface area contributed by atoms with Crippen LogP contribution in [0, 0.1) is 45.3 Å². The topological polar surface area (TPSA) is 357 Å². The van der Waals surface area contributed by atoms with Crippen molar-refractivity contribution in [1.82, 2.24) is 0 Å². The molecule has 0 aromatic heterocycles. The first-order chi connectivity index (χ1) is 35.0. The maximum Gasteiger partial charge on any atom is 0.187 e. The molecule has 0 aromatic carbocycles. The molecule has 434 valence electrons. The summed E-state index contributed by atoms with van der Waals surface area (Å²) in [7, 11) is 0. The van der Waals surface area contributed by atoms with Crippen LogP contribution in [0.25, 0.3) is 0 Å². The molecule has 4 saturated heterocycles. The lowest BCUT2D eigenvalue weighted by Crippen LogP contribution is -2.71. The molecule has 30 atom stereocenters. The van der Waals surface area contributed by atoms with E-state index in [-0.39, 0.29) is 18.4 Å². The monoisotopic (exact) mass is 1080 g/mol. The van der Waals surface area contributed by atoms with Crippen LogP contribution in [0.4, 0.5) is 0 Å². The first-order valence-corrected chi connectivity index (χ1v) is 27.2. The third-order valence-electron chi connectivity index (χ3n) is 20.4. The molecule has 8 rings (SSSR count). The summed E-state index contributed by atoms with van der Waals surface area (Å²) in [5.74, 6) is -1.37. The standard InChI is InChI=1S/C53H90O22/c1-22(2)11-10-14-53(9,75-47-42(67)38(63)36(61)29(73-47)21-69-45-40(65)34(59)26(56)20-68-45)24-12-16-51(7)32(24)25(55)17-30-50(6)15-13-31(57)49(4,5)44(50)27(18-52(30,51)8)71-48-43(39(64)35(60)28(19-54)72-48)74-46-41(66)37(62)33(58)23(3)70-46/h11,23-48,54-67H,10,12-21H2,1-9H3. The third kappa shape index (κ3) is 10.5. The Morgan fingerprint density at radius 1 is 0.653 bits per heavy atom. The fourth-order valence-electron chi connectivity index (χ4n) is 16.0. The van der Waals surface area contributed by atoms with Crippen LogP contribution in [-0.2, 0) is 37.9 Å². The van der Waals surface area contributed by atoms with Crippen molar-refractivity contribution < 1.29 is 109 Å². The average molecular weight is 1080 g/mol. The molecule has 22 nitrogen and oxygen atoms in total. The van der Waals surface area contributed by atoms with Crippen molar-refractivity contribution in [2.45, 2.75) is 254 Å². The number of allylic oxidation sites excluding steroid dienone is 2. The van der Waals surface area contributed by atoms with Crippen molar-refractivity contribution in [2.24, 2.45) is 45.3 Å². The van der Waals surface area contributed by atoms with E-state index in [0.717, 1.165) is 5.57 Å². The molecule has 8 aliphatic rings. The summed E-state index contributed by atoms with van der Waals surface area (Å²) < 4.78 is 49.7. The molecule has 4 aliphatic carbocycles. The van der Waals surface area contributed by atoms with Gasteiger partial charge in [0.15, 0.2) is 25.2 Å². The minimum Gasteiger partial charge on any atom is -0.394 e. The average Bonchev–Trinajstić information content (AvgIpc) is 3.75. The predicted octanol–water partition coefficient (Wildman–Crippen LogP) is -1.57. The van der Waals surface area contributed by atoms with Gasteiger partial charge in [0.1, 0.15) is 85.5 Å². The Morgan fingerprint density at radius 2 is 1.28 bits per heavy atom. The van der Waals surface area contributed by atoms with Gasteiger partial charge in [-0.25, -0.2) is 0 Å². The van der Waals surface area contributed by atoms with Gasteiger partial charge in [-0.1, -0.05) is 46.3 Å². The van der Waals surface area contributed by atoms with Crippen LogP contribution < -0.4 is 0 Å². The fraction of sp³-hybridized carbons (Fsp3) is 0.962. The van der Waals surface area contributed by atoms with Gasteiger partial charge in [-0.2, -0.15) is 0 Å². The normalized spacial score (nSPS) is 53.7. The molecule has 4 saturated carbocycles. The Labute approximate surface area is 439 Å². The van der Waals surface area contributed by atoms with E-state index in [1.54, 1.807) is 0 Å². The van der Waals surface area contributed by atoms with Gasteiger partial charge < -0.3 is 109 Å². The Hall–Kier alpha value is -1.14. The molecule has 14 N–H and O–H groups in total. The van der Waals surface area contributed by atoms with E-state index in [1.165, 1.54) is 6.92 Å². The first-order valence-electron chi connectivity index (χ1n) is 27.2. The highest BCUT2D eigenvalue weighted by Crippen LogP contribution is 2.76. The van der Waals surface area contributed by atoms with Crippen LogP contribution in [0.15, 0.2) is 11.6 Å². The first kappa shape index (κ1) is 60.0. The van der Waals surface area contributed by atoms with Crippen molar-refractivity contribution in [1.29, 1.82) is 0 Å². The zero-order valence-corrected chi connectivity index (χ0v) is 44.9. The smallest absolute Gasteiger partial charge is 0.187 e. The Kier molecular flexibility index (Phi) is 17.8. The SMILES string of the molecule is CC(C)=CCCC(C)(OC1OC(COC2OCC(O)C(O)C2O)C(O)C(O)C1O)C1CCC2(C)C1C(O)CC1C3(C)CCC(O)C(C)(C)C3C(OC3OC(CO)C(O)C(O)C3OC3OC(C)C(O)C(O)C3O)CC12C. The highest BCUT2D eigenvalue weighted by molar-refractivity contribution is 5.22. The maximum atomic E-state index is 12.9. The van der Waals surface area contributed by atoms with E-state index in [0.29, 0.717) is 51.4 Å². The third-order valence-corrected chi connectivity index (χ3v) is 20.4. The molecule has 75 heavy (non-hydrogen) atoms. The summed E-state index contributed by atoms with van der Waals surface area (Å²) in [4.78, 5) is 0. The molecule has 0 amide bonds. The van der Waals surface area contributed by atoms with Crippen LogP contribution in [0.2, 0.25) is 0 Å². The van der Waals surface area contributed by atoms with Crippen molar-refractivity contribution in [3.8, 4) is 0 Å². The zero-order valence-electron chi connectivity index (χ0n) is 44.9. The summed E-state index contributed by atoms with van der Waals surface area (Å²) in [6, 6.07) is 0. The maximum absolute atomic E-state index is 12.9. The number of ether oxygens (including phenoxy) is 8. The zero-order chi connectivity index (χ0) is 55.2.